The monoisotopic (exact) mass is 331 g/mol. The van der Waals surface area contributed by atoms with Gasteiger partial charge in [-0.3, -0.25) is 14.4 Å². The summed E-state index contributed by atoms with van der Waals surface area (Å²) in [7, 11) is 0. The van der Waals surface area contributed by atoms with Crippen LogP contribution in [-0.2, 0) is 14.4 Å². The summed E-state index contributed by atoms with van der Waals surface area (Å²) in [5.74, 6) is -4.04. The third-order valence-electron chi connectivity index (χ3n) is 7.57. The van der Waals surface area contributed by atoms with Crippen molar-refractivity contribution in [1.82, 2.24) is 4.90 Å². The van der Waals surface area contributed by atoms with E-state index in [9.17, 15) is 24.6 Å². The maximum absolute atomic E-state index is 13.3. The van der Waals surface area contributed by atoms with Crippen molar-refractivity contribution in [2.45, 2.75) is 38.3 Å². The van der Waals surface area contributed by atoms with Crippen LogP contribution in [0.3, 0.4) is 0 Å². The number of amides is 1. The number of likely N-dealkylation sites (tertiary alicyclic amines) is 1. The molecule has 3 saturated carbocycles. The zero-order valence-electron chi connectivity index (χ0n) is 13.6. The van der Waals surface area contributed by atoms with Crippen LogP contribution in [0.2, 0.25) is 0 Å². The second kappa shape index (κ2) is 4.10. The highest BCUT2D eigenvalue weighted by Crippen LogP contribution is 2.73. The van der Waals surface area contributed by atoms with Gasteiger partial charge >= 0.3 is 5.97 Å². The average Bonchev–Trinajstić information content (AvgIpc) is 3.05. The number of hydrogen-bond donors (Lipinski definition) is 2. The van der Waals surface area contributed by atoms with Crippen LogP contribution in [0.4, 0.5) is 0 Å². The number of Topliss-reactive ketones (excluding diaryl/α,β-unsaturated/α-hetero) is 1. The second-order valence-corrected chi connectivity index (χ2v) is 8.06. The third-order valence-corrected chi connectivity index (χ3v) is 7.57. The molecule has 7 atom stereocenters. The SMILES string of the molecule is CCN1C(=O)[C@@H]2C[C@@]1(O)[C@@H]1CCCC3=C[C@H]4C(=O)[C@]31[C@H]2[C@@H]4C(=O)O. The molecule has 128 valence electrons. The van der Waals surface area contributed by atoms with Gasteiger partial charge in [0.1, 0.15) is 5.72 Å². The number of rotatable bonds is 2. The Balaban J connectivity index is 1.79. The molecule has 1 heterocycles. The molecule has 24 heavy (non-hydrogen) atoms. The number of carboxylic acid groups (broad SMARTS) is 1. The Bertz CT molecular complexity index is 729. The Morgan fingerprint density at radius 2 is 2.17 bits per heavy atom. The van der Waals surface area contributed by atoms with Crippen LogP contribution in [0.1, 0.15) is 32.6 Å². The maximum Gasteiger partial charge on any atom is 0.307 e. The highest BCUT2D eigenvalue weighted by Gasteiger charge is 2.80. The van der Waals surface area contributed by atoms with Gasteiger partial charge in [-0.15, -0.1) is 0 Å². The molecule has 1 aliphatic heterocycles. The Labute approximate surface area is 139 Å². The smallest absolute Gasteiger partial charge is 0.307 e. The van der Waals surface area contributed by atoms with Crippen molar-refractivity contribution < 1.29 is 24.6 Å². The number of aliphatic carboxylic acids is 1. The molecule has 6 heteroatoms. The Morgan fingerprint density at radius 3 is 2.83 bits per heavy atom. The van der Waals surface area contributed by atoms with Gasteiger partial charge in [-0.25, -0.2) is 0 Å². The molecular weight excluding hydrogens is 310 g/mol. The van der Waals surface area contributed by atoms with Crippen LogP contribution in [0.25, 0.3) is 0 Å². The van der Waals surface area contributed by atoms with Gasteiger partial charge in [-0.05, 0) is 26.2 Å². The van der Waals surface area contributed by atoms with E-state index in [-0.39, 0.29) is 24.0 Å². The molecule has 0 aromatic rings. The Morgan fingerprint density at radius 1 is 1.42 bits per heavy atom. The molecule has 4 bridgehead atoms. The predicted octanol–water partition coefficient (Wildman–Crippen LogP) is 0.799. The summed E-state index contributed by atoms with van der Waals surface area (Å²) in [5.41, 5.74) is -1.21. The summed E-state index contributed by atoms with van der Waals surface area (Å²) < 4.78 is 0. The molecule has 1 amide bonds. The molecule has 6 nitrogen and oxygen atoms in total. The number of ketones is 1. The van der Waals surface area contributed by atoms with Crippen LogP contribution in [-0.4, -0.2) is 45.0 Å². The van der Waals surface area contributed by atoms with Gasteiger partial charge < -0.3 is 15.1 Å². The van der Waals surface area contributed by atoms with Gasteiger partial charge in [0.25, 0.3) is 0 Å². The number of carbonyl (C=O) groups is 3. The van der Waals surface area contributed by atoms with E-state index in [1.54, 1.807) is 0 Å². The quantitative estimate of drug-likeness (QED) is 0.730. The highest BCUT2D eigenvalue weighted by molar-refractivity contribution is 6.04. The van der Waals surface area contributed by atoms with Crippen molar-refractivity contribution in [3.63, 3.8) is 0 Å². The summed E-state index contributed by atoms with van der Waals surface area (Å²) in [6, 6.07) is 0. The van der Waals surface area contributed by atoms with Crippen LogP contribution in [0.15, 0.2) is 11.6 Å². The molecule has 4 fully saturated rings. The fourth-order valence-corrected chi connectivity index (χ4v) is 7.08. The average molecular weight is 331 g/mol. The van der Waals surface area contributed by atoms with Crippen molar-refractivity contribution in [2.24, 2.45) is 35.0 Å². The summed E-state index contributed by atoms with van der Waals surface area (Å²) in [4.78, 5) is 39.7. The summed E-state index contributed by atoms with van der Waals surface area (Å²) >= 11 is 0. The maximum atomic E-state index is 13.3. The first-order valence-corrected chi connectivity index (χ1v) is 8.91. The van der Waals surface area contributed by atoms with Crippen LogP contribution in [0, 0.1) is 35.0 Å². The van der Waals surface area contributed by atoms with E-state index in [2.05, 4.69) is 0 Å². The second-order valence-electron chi connectivity index (χ2n) is 8.06. The molecule has 1 saturated heterocycles. The molecule has 5 aliphatic rings. The van der Waals surface area contributed by atoms with Crippen LogP contribution >= 0.6 is 0 Å². The molecule has 0 unspecified atom stereocenters. The van der Waals surface area contributed by atoms with Gasteiger partial charge in [0.15, 0.2) is 5.78 Å². The fourth-order valence-electron chi connectivity index (χ4n) is 7.08. The zero-order chi connectivity index (χ0) is 17.0. The molecule has 0 aromatic heterocycles. The van der Waals surface area contributed by atoms with Gasteiger partial charge in [-0.1, -0.05) is 11.6 Å². The van der Waals surface area contributed by atoms with Crippen LogP contribution < -0.4 is 0 Å². The molecule has 4 aliphatic carbocycles. The number of hydrogen-bond acceptors (Lipinski definition) is 4. The zero-order valence-corrected chi connectivity index (χ0v) is 13.6. The van der Waals surface area contributed by atoms with Crippen molar-refractivity contribution in [2.75, 3.05) is 6.54 Å². The number of carbonyl (C=O) groups excluding carboxylic acids is 2. The number of aliphatic hydroxyl groups is 1. The number of fused-ring (bicyclic) bond motifs is 5. The van der Waals surface area contributed by atoms with Crippen molar-refractivity contribution in [3.05, 3.63) is 11.6 Å². The lowest BCUT2D eigenvalue weighted by Gasteiger charge is -2.55. The largest absolute Gasteiger partial charge is 0.481 e. The van der Waals surface area contributed by atoms with E-state index in [0.29, 0.717) is 13.0 Å². The lowest BCUT2D eigenvalue weighted by Crippen LogP contribution is -2.62. The number of allylic oxidation sites excluding steroid dienone is 2. The van der Waals surface area contributed by atoms with E-state index < -0.39 is 40.8 Å². The summed E-state index contributed by atoms with van der Waals surface area (Å²) in [6.07, 6.45) is 4.46. The minimum absolute atomic E-state index is 0.0477. The summed E-state index contributed by atoms with van der Waals surface area (Å²) in [5, 5.41) is 21.2. The molecule has 1 spiro atoms. The normalized spacial score (nSPS) is 51.0. The minimum atomic E-state index is -1.30. The molecule has 5 rings (SSSR count). The Kier molecular flexibility index (Phi) is 2.50. The van der Waals surface area contributed by atoms with Gasteiger partial charge in [-0.2, -0.15) is 0 Å². The van der Waals surface area contributed by atoms with Crippen molar-refractivity contribution in [1.29, 1.82) is 0 Å². The van der Waals surface area contributed by atoms with Crippen LogP contribution in [0.5, 0.6) is 0 Å². The molecule has 0 radical (unpaired) electrons. The molecule has 2 N–H and O–H groups in total. The predicted molar refractivity (Wildman–Crippen MR) is 81.4 cm³/mol. The first-order chi connectivity index (χ1) is 11.4. The van der Waals surface area contributed by atoms with E-state index in [0.717, 1.165) is 18.4 Å². The fraction of sp³-hybridized carbons (Fsp3) is 0.722. The lowest BCUT2D eigenvalue weighted by atomic mass is 9.48. The third kappa shape index (κ3) is 1.20. The minimum Gasteiger partial charge on any atom is -0.481 e. The topological polar surface area (TPSA) is 94.9 Å². The number of nitrogens with zero attached hydrogens (tertiary/aromatic N) is 1. The Hall–Kier alpha value is -1.69. The van der Waals surface area contributed by atoms with Gasteiger partial charge in [0.05, 0.1) is 17.3 Å². The first-order valence-electron chi connectivity index (χ1n) is 8.91. The highest BCUT2D eigenvalue weighted by atomic mass is 16.4. The van der Waals surface area contributed by atoms with Crippen molar-refractivity contribution >= 4 is 17.7 Å². The molecule has 0 aromatic carbocycles. The molecular formula is C18H21NO5. The lowest BCUT2D eigenvalue weighted by molar-refractivity contribution is -0.190. The first kappa shape index (κ1) is 14.6. The summed E-state index contributed by atoms with van der Waals surface area (Å²) in [6.45, 7) is 2.22. The van der Waals surface area contributed by atoms with E-state index in [4.69, 9.17) is 0 Å². The standard InChI is InChI=1S/C18H21NO5/c1-2-19-15(21)10-7-17(19,24)11-5-3-4-8-6-9-12(16(22)23)13(10)18(8,11)14(9)20/h6,9-13,24H,2-5,7H2,1H3,(H,22,23)/t9-,10-,11+,12-,13-,17-,18-/m1/s1. The van der Waals surface area contributed by atoms with E-state index >= 15 is 0 Å². The van der Waals surface area contributed by atoms with E-state index in [1.807, 2.05) is 13.0 Å². The van der Waals surface area contributed by atoms with E-state index in [1.165, 1.54) is 4.90 Å². The van der Waals surface area contributed by atoms with Gasteiger partial charge in [0.2, 0.25) is 5.91 Å². The number of carboxylic acids is 1. The van der Waals surface area contributed by atoms with Gasteiger partial charge in [0, 0.05) is 30.7 Å². The van der Waals surface area contributed by atoms with Crippen molar-refractivity contribution in [3.8, 4) is 0 Å².